The number of hydrogen-bond acceptors (Lipinski definition) is 4. The number of hydrogen-bond donors (Lipinski definition) is 0. The molecule has 94 valence electrons. The minimum Gasteiger partial charge on any atom is -0.496 e. The molecule has 0 aliphatic heterocycles. The van der Waals surface area contributed by atoms with Crippen LogP contribution in [0.4, 0.5) is 0 Å². The van der Waals surface area contributed by atoms with Crippen LogP contribution in [0.5, 0.6) is 5.75 Å². The third-order valence-electron chi connectivity index (χ3n) is 2.67. The van der Waals surface area contributed by atoms with Gasteiger partial charge < -0.3 is 9.47 Å². The number of carbonyl (C=O) groups is 1. The highest BCUT2D eigenvalue weighted by atomic mass is 16.5. The van der Waals surface area contributed by atoms with Gasteiger partial charge in [0.2, 0.25) is 0 Å². The van der Waals surface area contributed by atoms with Crippen molar-refractivity contribution in [2.45, 2.75) is 0 Å². The Hall–Kier alpha value is -2.80. The Morgan fingerprint density at radius 2 is 1.84 bits per heavy atom. The predicted molar refractivity (Wildman–Crippen MR) is 69.5 cm³/mol. The molecular formula is C15H11NO3. The smallest absolute Gasteiger partial charge is 0.357 e. The minimum absolute atomic E-state index is 0.226. The normalized spacial score (nSPS) is 9.47. The van der Waals surface area contributed by atoms with Gasteiger partial charge in [-0.3, -0.25) is 0 Å². The topological polar surface area (TPSA) is 59.3 Å². The molecule has 2 aromatic carbocycles. The molecule has 0 heterocycles. The van der Waals surface area contributed by atoms with Gasteiger partial charge in [0, 0.05) is 0 Å². The number of ether oxygens (including phenoxy) is 2. The molecule has 0 saturated heterocycles. The lowest BCUT2D eigenvalue weighted by Gasteiger charge is -2.08. The van der Waals surface area contributed by atoms with E-state index < -0.39 is 5.97 Å². The third-order valence-corrected chi connectivity index (χ3v) is 2.67. The first-order valence-electron chi connectivity index (χ1n) is 5.60. The molecule has 0 saturated carbocycles. The number of methoxy groups -OCH3 is 1. The second kappa shape index (κ2) is 5.69. The molecular weight excluding hydrogens is 242 g/mol. The Labute approximate surface area is 110 Å². The molecule has 0 spiro atoms. The van der Waals surface area contributed by atoms with Gasteiger partial charge in [-0.25, -0.2) is 4.79 Å². The van der Waals surface area contributed by atoms with Crippen molar-refractivity contribution < 1.29 is 14.3 Å². The monoisotopic (exact) mass is 253 g/mol. The molecule has 2 aromatic rings. The molecule has 0 radical (unpaired) electrons. The standard InChI is InChI=1S/C15H11NO3/c1-18-14-9-12(11-5-3-2-4-6-11)7-8-13(14)15(17)19-10-16/h2-9H,1H3. The van der Waals surface area contributed by atoms with Gasteiger partial charge in [0.25, 0.3) is 6.26 Å². The molecule has 0 fully saturated rings. The molecule has 2 rings (SSSR count). The highest BCUT2D eigenvalue weighted by Gasteiger charge is 2.14. The van der Waals surface area contributed by atoms with Gasteiger partial charge in [-0.15, -0.1) is 5.26 Å². The third kappa shape index (κ3) is 2.72. The Bertz CT molecular complexity index is 630. The lowest BCUT2D eigenvalue weighted by molar-refractivity contribution is 0.0681. The van der Waals surface area contributed by atoms with Gasteiger partial charge in [-0.1, -0.05) is 36.4 Å². The van der Waals surface area contributed by atoms with Crippen molar-refractivity contribution in [1.82, 2.24) is 0 Å². The zero-order chi connectivity index (χ0) is 13.7. The average Bonchev–Trinajstić information content (AvgIpc) is 2.47. The number of nitrogens with zero attached hydrogens (tertiary/aromatic N) is 1. The van der Waals surface area contributed by atoms with Crippen molar-refractivity contribution in [2.24, 2.45) is 0 Å². The van der Waals surface area contributed by atoms with E-state index in [2.05, 4.69) is 4.74 Å². The van der Waals surface area contributed by atoms with Crippen molar-refractivity contribution in [3.8, 4) is 23.1 Å². The van der Waals surface area contributed by atoms with Crippen LogP contribution in [0.1, 0.15) is 10.4 Å². The van der Waals surface area contributed by atoms with E-state index in [9.17, 15) is 4.79 Å². The lowest BCUT2D eigenvalue weighted by Crippen LogP contribution is -2.03. The highest BCUT2D eigenvalue weighted by molar-refractivity contribution is 5.94. The van der Waals surface area contributed by atoms with Crippen molar-refractivity contribution >= 4 is 5.97 Å². The van der Waals surface area contributed by atoms with Crippen molar-refractivity contribution in [3.63, 3.8) is 0 Å². The van der Waals surface area contributed by atoms with Gasteiger partial charge >= 0.3 is 5.97 Å². The van der Waals surface area contributed by atoms with E-state index in [1.54, 1.807) is 18.2 Å². The van der Waals surface area contributed by atoms with Crippen LogP contribution in [0.25, 0.3) is 11.1 Å². The summed E-state index contributed by atoms with van der Waals surface area (Å²) in [4.78, 5) is 11.5. The van der Waals surface area contributed by atoms with Crippen LogP contribution in [-0.2, 0) is 4.74 Å². The van der Waals surface area contributed by atoms with Crippen LogP contribution in [-0.4, -0.2) is 13.1 Å². The Balaban J connectivity index is 2.42. The van der Waals surface area contributed by atoms with Crippen molar-refractivity contribution in [3.05, 3.63) is 54.1 Å². The fourth-order valence-electron chi connectivity index (χ4n) is 1.77. The molecule has 0 aliphatic rings. The van der Waals surface area contributed by atoms with Gasteiger partial charge in [-0.05, 0) is 23.3 Å². The second-order valence-corrected chi connectivity index (χ2v) is 3.76. The molecule has 19 heavy (non-hydrogen) atoms. The maximum absolute atomic E-state index is 11.5. The summed E-state index contributed by atoms with van der Waals surface area (Å²) in [5.74, 6) is -0.347. The molecule has 0 unspecified atom stereocenters. The first-order valence-corrected chi connectivity index (χ1v) is 5.60. The number of rotatable bonds is 3. The molecule has 4 heteroatoms. The van der Waals surface area contributed by atoms with Gasteiger partial charge in [-0.2, -0.15) is 0 Å². The SMILES string of the molecule is COc1cc(-c2ccccc2)ccc1C(=O)OC#N. The van der Waals surface area contributed by atoms with Crippen LogP contribution >= 0.6 is 0 Å². The summed E-state index contributed by atoms with van der Waals surface area (Å²) in [5.41, 5.74) is 2.16. The van der Waals surface area contributed by atoms with Crippen LogP contribution < -0.4 is 4.74 Å². The van der Waals surface area contributed by atoms with Crippen LogP contribution in [0.3, 0.4) is 0 Å². The van der Waals surface area contributed by atoms with E-state index in [0.29, 0.717) is 5.75 Å². The zero-order valence-corrected chi connectivity index (χ0v) is 10.3. The number of esters is 1. The molecule has 0 bridgehead atoms. The van der Waals surface area contributed by atoms with E-state index >= 15 is 0 Å². The van der Waals surface area contributed by atoms with Crippen molar-refractivity contribution in [2.75, 3.05) is 7.11 Å². The first kappa shape index (κ1) is 12.7. The number of carbonyl (C=O) groups excluding carboxylic acids is 1. The lowest BCUT2D eigenvalue weighted by atomic mass is 10.0. The molecule has 4 nitrogen and oxygen atoms in total. The molecule has 0 aliphatic carbocycles. The summed E-state index contributed by atoms with van der Waals surface area (Å²) < 4.78 is 9.47. The fraction of sp³-hybridized carbons (Fsp3) is 0.0667. The zero-order valence-electron chi connectivity index (χ0n) is 10.3. The molecule has 0 N–H and O–H groups in total. The Morgan fingerprint density at radius 3 is 2.47 bits per heavy atom. The fourth-order valence-corrected chi connectivity index (χ4v) is 1.77. The van der Waals surface area contributed by atoms with Gasteiger partial charge in [0.05, 0.1) is 7.11 Å². The van der Waals surface area contributed by atoms with Crippen molar-refractivity contribution in [1.29, 1.82) is 5.26 Å². The second-order valence-electron chi connectivity index (χ2n) is 3.76. The number of benzene rings is 2. The maximum atomic E-state index is 11.5. The van der Waals surface area contributed by atoms with E-state index in [1.807, 2.05) is 30.3 Å². The maximum Gasteiger partial charge on any atom is 0.357 e. The van der Waals surface area contributed by atoms with E-state index in [-0.39, 0.29) is 5.56 Å². The summed E-state index contributed by atoms with van der Waals surface area (Å²) >= 11 is 0. The summed E-state index contributed by atoms with van der Waals surface area (Å²) in [6, 6.07) is 14.8. The van der Waals surface area contributed by atoms with Gasteiger partial charge in [0.1, 0.15) is 11.3 Å². The Kier molecular flexibility index (Phi) is 3.79. The molecule has 0 aromatic heterocycles. The Morgan fingerprint density at radius 1 is 1.11 bits per heavy atom. The first-order chi connectivity index (χ1) is 9.26. The molecule has 0 amide bonds. The summed E-state index contributed by atoms with van der Waals surface area (Å²) in [5, 5.41) is 8.36. The minimum atomic E-state index is -0.723. The quantitative estimate of drug-likeness (QED) is 0.623. The van der Waals surface area contributed by atoms with E-state index in [1.165, 1.54) is 13.4 Å². The predicted octanol–water partition coefficient (Wildman–Crippen LogP) is 3.00. The summed E-state index contributed by atoms with van der Waals surface area (Å²) in [7, 11) is 1.47. The van der Waals surface area contributed by atoms with Crippen LogP contribution in [0, 0.1) is 11.5 Å². The molecule has 0 atom stereocenters. The van der Waals surface area contributed by atoms with Crippen LogP contribution in [0.2, 0.25) is 0 Å². The highest BCUT2D eigenvalue weighted by Crippen LogP contribution is 2.27. The summed E-state index contributed by atoms with van der Waals surface area (Å²) in [6.45, 7) is 0. The van der Waals surface area contributed by atoms with E-state index in [0.717, 1.165) is 11.1 Å². The van der Waals surface area contributed by atoms with Gasteiger partial charge in [0.15, 0.2) is 0 Å². The average molecular weight is 253 g/mol. The largest absolute Gasteiger partial charge is 0.496 e. The van der Waals surface area contributed by atoms with E-state index in [4.69, 9.17) is 10.00 Å². The summed E-state index contributed by atoms with van der Waals surface area (Å²) in [6.07, 6.45) is 1.36. The van der Waals surface area contributed by atoms with Crippen LogP contribution in [0.15, 0.2) is 48.5 Å². The number of nitriles is 1.